The summed E-state index contributed by atoms with van der Waals surface area (Å²) in [6.45, 7) is -0.227. The average Bonchev–Trinajstić information content (AvgIpc) is 3.49. The van der Waals surface area contributed by atoms with Crippen LogP contribution in [0.25, 0.3) is 0 Å². The molecule has 1 N–H and O–H groups in total. The van der Waals surface area contributed by atoms with E-state index in [4.69, 9.17) is 27.6 Å². The molecule has 0 aliphatic heterocycles. The second-order valence-electron chi connectivity index (χ2n) is 7.23. The molecule has 0 unspecified atom stereocenters. The highest BCUT2D eigenvalue weighted by molar-refractivity contribution is 6.32. The van der Waals surface area contributed by atoms with E-state index in [1.54, 1.807) is 0 Å². The summed E-state index contributed by atoms with van der Waals surface area (Å²) in [5, 5.41) is 9.50. The minimum absolute atomic E-state index is 0.0127. The molecule has 0 aliphatic rings. The van der Waals surface area contributed by atoms with E-state index < -0.39 is 47.5 Å². The number of anilines is 1. The fourth-order valence-corrected chi connectivity index (χ4v) is 3.73. The molecule has 4 aromatic rings. The minimum atomic E-state index is -3.15. The summed E-state index contributed by atoms with van der Waals surface area (Å²) in [5.41, 5.74) is -0.920. The number of nitrogens with one attached hydrogen (secondary N) is 1. The summed E-state index contributed by atoms with van der Waals surface area (Å²) in [6.07, 6.45) is -3.42. The van der Waals surface area contributed by atoms with Gasteiger partial charge in [-0.1, -0.05) is 29.3 Å². The van der Waals surface area contributed by atoms with Gasteiger partial charge in [-0.2, -0.15) is 10.2 Å². The number of benzene rings is 1. The second-order valence-corrected chi connectivity index (χ2v) is 8.01. The Morgan fingerprint density at radius 1 is 1.09 bits per heavy atom. The third-order valence-corrected chi connectivity index (χ3v) is 5.54. The first-order valence-corrected chi connectivity index (χ1v) is 10.6. The van der Waals surface area contributed by atoms with E-state index in [2.05, 4.69) is 15.5 Å². The molecule has 1 amide bonds. The van der Waals surface area contributed by atoms with Crippen molar-refractivity contribution in [2.75, 3.05) is 5.32 Å². The van der Waals surface area contributed by atoms with Gasteiger partial charge >= 0.3 is 0 Å². The molecule has 3 aromatic heterocycles. The van der Waals surface area contributed by atoms with Crippen LogP contribution in [0.15, 0.2) is 47.1 Å². The number of hydrogen-bond donors (Lipinski definition) is 1. The first-order chi connectivity index (χ1) is 16.6. The largest absolute Gasteiger partial charge is 0.454 e. The van der Waals surface area contributed by atoms with Crippen molar-refractivity contribution in [3.05, 3.63) is 87.1 Å². The molecule has 14 heteroatoms. The Balaban J connectivity index is 1.44. The molecule has 0 spiro atoms. The van der Waals surface area contributed by atoms with Crippen LogP contribution in [0, 0.1) is 5.82 Å². The van der Waals surface area contributed by atoms with Gasteiger partial charge in [0.05, 0.1) is 30.0 Å². The number of amides is 1. The first-order valence-electron chi connectivity index (χ1n) is 9.81. The highest BCUT2D eigenvalue weighted by Crippen LogP contribution is 2.35. The van der Waals surface area contributed by atoms with E-state index in [-0.39, 0.29) is 23.1 Å². The smallest absolute Gasteiger partial charge is 0.291 e. The minimum Gasteiger partial charge on any atom is -0.454 e. The lowest BCUT2D eigenvalue weighted by Crippen LogP contribution is -2.10. The Morgan fingerprint density at radius 2 is 1.86 bits per heavy atom. The molecule has 35 heavy (non-hydrogen) atoms. The van der Waals surface area contributed by atoms with Crippen molar-refractivity contribution in [3.63, 3.8) is 0 Å². The van der Waals surface area contributed by atoms with Gasteiger partial charge in [-0.15, -0.1) is 0 Å². The van der Waals surface area contributed by atoms with Crippen LogP contribution in [0.5, 0.6) is 0 Å². The maximum atomic E-state index is 13.3. The van der Waals surface area contributed by atoms with Gasteiger partial charge < -0.3 is 9.73 Å². The number of halogens is 7. The maximum Gasteiger partial charge on any atom is 0.291 e. The van der Waals surface area contributed by atoms with Gasteiger partial charge in [0, 0.05) is 11.2 Å². The van der Waals surface area contributed by atoms with Crippen LogP contribution >= 0.6 is 23.2 Å². The molecule has 0 saturated carbocycles. The molecule has 0 atom stereocenters. The summed E-state index contributed by atoms with van der Waals surface area (Å²) in [4.78, 5) is 12.5. The Labute approximate surface area is 204 Å². The monoisotopic (exact) mass is 533 g/mol. The van der Waals surface area contributed by atoms with Crippen LogP contribution in [0.4, 0.5) is 27.6 Å². The molecule has 0 fully saturated rings. The van der Waals surface area contributed by atoms with Crippen LogP contribution < -0.4 is 5.32 Å². The van der Waals surface area contributed by atoms with Crippen molar-refractivity contribution >= 4 is 34.8 Å². The van der Waals surface area contributed by atoms with Gasteiger partial charge in [0.15, 0.2) is 5.76 Å². The van der Waals surface area contributed by atoms with Crippen LogP contribution in [0.2, 0.25) is 10.0 Å². The molecule has 1 aromatic carbocycles. The molecule has 184 valence electrons. The Bertz CT molecular complexity index is 1370. The van der Waals surface area contributed by atoms with Gasteiger partial charge in [0.1, 0.15) is 23.0 Å². The lowest BCUT2D eigenvalue weighted by Gasteiger charge is -2.05. The van der Waals surface area contributed by atoms with Gasteiger partial charge in [0.2, 0.25) is 0 Å². The van der Waals surface area contributed by atoms with Gasteiger partial charge in [-0.3, -0.25) is 14.2 Å². The van der Waals surface area contributed by atoms with Crippen LogP contribution in [0.3, 0.4) is 0 Å². The molecule has 0 aliphatic carbocycles. The lowest BCUT2D eigenvalue weighted by molar-refractivity contribution is 0.0994. The number of nitrogens with zero attached hydrogens (tertiary/aromatic N) is 4. The average molecular weight is 534 g/mol. The van der Waals surface area contributed by atoms with E-state index in [0.29, 0.717) is 15.9 Å². The molecule has 3 heterocycles. The molecule has 0 saturated heterocycles. The summed E-state index contributed by atoms with van der Waals surface area (Å²) in [7, 11) is 0. The topological polar surface area (TPSA) is 77.9 Å². The first kappa shape index (κ1) is 24.7. The summed E-state index contributed by atoms with van der Waals surface area (Å²) in [5.74, 6) is -1.30. The predicted octanol–water partition coefficient (Wildman–Crippen LogP) is 6.34. The van der Waals surface area contributed by atoms with Crippen molar-refractivity contribution in [1.82, 2.24) is 19.6 Å². The predicted molar refractivity (Wildman–Crippen MR) is 116 cm³/mol. The van der Waals surface area contributed by atoms with Crippen LogP contribution in [-0.2, 0) is 13.1 Å². The number of carbonyl (C=O) groups is 1. The molecule has 7 nitrogen and oxygen atoms in total. The van der Waals surface area contributed by atoms with Crippen molar-refractivity contribution in [1.29, 1.82) is 0 Å². The zero-order chi connectivity index (χ0) is 25.3. The van der Waals surface area contributed by atoms with E-state index >= 15 is 0 Å². The Kier molecular flexibility index (Phi) is 7.13. The summed E-state index contributed by atoms with van der Waals surface area (Å²) < 4.78 is 73.2. The third-order valence-electron chi connectivity index (χ3n) is 4.80. The number of rotatable bonds is 8. The summed E-state index contributed by atoms with van der Waals surface area (Å²) >= 11 is 11.6. The third kappa shape index (κ3) is 5.49. The fraction of sp³-hybridized carbons (Fsp3) is 0.190. The van der Waals surface area contributed by atoms with E-state index in [1.165, 1.54) is 47.4 Å². The number of carbonyl (C=O) groups excluding carboxylic acids is 1. The van der Waals surface area contributed by atoms with Crippen molar-refractivity contribution in [2.24, 2.45) is 0 Å². The molecular formula is C21H14Cl2F5N5O2. The van der Waals surface area contributed by atoms with Crippen LogP contribution in [-0.4, -0.2) is 25.5 Å². The number of alkyl halides is 4. The number of hydrogen-bond acceptors (Lipinski definition) is 4. The van der Waals surface area contributed by atoms with E-state index in [9.17, 15) is 26.7 Å². The Hall–Kier alpha value is -3.38. The molecule has 4 rings (SSSR count). The van der Waals surface area contributed by atoms with Crippen molar-refractivity contribution in [3.8, 4) is 0 Å². The second kappa shape index (κ2) is 10.1. The molecule has 0 bridgehead atoms. The number of aromatic nitrogens is 4. The van der Waals surface area contributed by atoms with E-state index in [0.717, 1.165) is 0 Å². The quantitative estimate of drug-likeness (QED) is 0.268. The maximum absolute atomic E-state index is 13.3. The zero-order valence-corrected chi connectivity index (χ0v) is 18.9. The van der Waals surface area contributed by atoms with Crippen LogP contribution in [0.1, 0.15) is 46.1 Å². The molecule has 0 radical (unpaired) electrons. The highest BCUT2D eigenvalue weighted by atomic mass is 35.5. The van der Waals surface area contributed by atoms with Gasteiger partial charge in [-0.25, -0.2) is 22.0 Å². The van der Waals surface area contributed by atoms with Crippen molar-refractivity contribution < 1.29 is 31.2 Å². The standard InChI is InChI=1S/C21H14Cl2F5N5O2/c22-14-5-11(24)2-1-10(14)7-32-8-12(6-29-32)30-21(34)15-4-3-13(35-15)9-33-18(20(27)28)16(23)17(31-33)19(25)26/h1-6,8,19-20H,7,9H2,(H,30,34). The highest BCUT2D eigenvalue weighted by Gasteiger charge is 2.28. The Morgan fingerprint density at radius 3 is 2.54 bits per heavy atom. The lowest BCUT2D eigenvalue weighted by atomic mass is 10.2. The normalized spacial score (nSPS) is 11.6. The summed E-state index contributed by atoms with van der Waals surface area (Å²) in [6, 6.07) is 6.56. The number of furan rings is 1. The SMILES string of the molecule is O=C(Nc1cnn(Cc2ccc(F)cc2Cl)c1)c1ccc(Cn2nc(C(F)F)c(Cl)c2C(F)F)o1. The molecular weight excluding hydrogens is 520 g/mol. The fourth-order valence-electron chi connectivity index (χ4n) is 3.21. The van der Waals surface area contributed by atoms with Gasteiger partial charge in [-0.05, 0) is 29.8 Å². The zero-order valence-electron chi connectivity index (χ0n) is 17.4. The van der Waals surface area contributed by atoms with Gasteiger partial charge in [0.25, 0.3) is 18.8 Å². The van der Waals surface area contributed by atoms with E-state index in [1.807, 2.05) is 0 Å². The van der Waals surface area contributed by atoms with Crippen molar-refractivity contribution in [2.45, 2.75) is 25.9 Å².